The van der Waals surface area contributed by atoms with Crippen molar-refractivity contribution in [2.75, 3.05) is 5.43 Å². The number of thiazole rings is 1. The number of pyridine rings is 1. The summed E-state index contributed by atoms with van der Waals surface area (Å²) in [5, 5.41) is 13.5. The summed E-state index contributed by atoms with van der Waals surface area (Å²) >= 11 is 1.53. The maximum absolute atomic E-state index is 4.51. The molecule has 6 nitrogen and oxygen atoms in total. The van der Waals surface area contributed by atoms with Crippen molar-refractivity contribution in [3.05, 3.63) is 84.6 Å². The van der Waals surface area contributed by atoms with E-state index >= 15 is 0 Å². The smallest absolute Gasteiger partial charge is 0.204 e. The number of nitrogens with one attached hydrogen (secondary N) is 1. The van der Waals surface area contributed by atoms with E-state index in [1.807, 2.05) is 66.7 Å². The van der Waals surface area contributed by atoms with Gasteiger partial charge in [0.1, 0.15) is 0 Å². The van der Waals surface area contributed by atoms with Crippen LogP contribution in [0.5, 0.6) is 0 Å². The Kier molecular flexibility index (Phi) is 4.70. The summed E-state index contributed by atoms with van der Waals surface area (Å²) in [4.78, 5) is 8.66. The minimum absolute atomic E-state index is 0.454. The standard InChI is InChI=1S/C19H14N6S/c1-2-8-14(9-3-1)18(23-22-17-12-6-7-13-20-17)24-25-19-21-15-10-4-5-11-16(15)26-19/h1-13H,(H,21,25). The Morgan fingerprint density at radius 1 is 0.885 bits per heavy atom. The number of hydrogen-bond acceptors (Lipinski definition) is 6. The number of rotatable bonds is 4. The Balaban J connectivity index is 1.63. The van der Waals surface area contributed by atoms with Gasteiger partial charge in [0.25, 0.3) is 0 Å². The molecule has 0 aliphatic rings. The van der Waals surface area contributed by atoms with E-state index in [4.69, 9.17) is 0 Å². The van der Waals surface area contributed by atoms with Crippen LogP contribution in [-0.2, 0) is 0 Å². The van der Waals surface area contributed by atoms with Crippen molar-refractivity contribution in [3.63, 3.8) is 0 Å². The van der Waals surface area contributed by atoms with Crippen LogP contribution in [0, 0.1) is 0 Å². The average molecular weight is 358 g/mol. The summed E-state index contributed by atoms with van der Waals surface area (Å²) in [6, 6.07) is 23.1. The third-order valence-electron chi connectivity index (χ3n) is 3.48. The van der Waals surface area contributed by atoms with Gasteiger partial charge in [0, 0.05) is 11.8 Å². The molecule has 0 aliphatic carbocycles. The molecule has 0 radical (unpaired) electrons. The van der Waals surface area contributed by atoms with E-state index in [0.717, 1.165) is 15.8 Å². The molecule has 0 saturated carbocycles. The maximum atomic E-state index is 4.51. The topological polar surface area (TPSA) is 74.9 Å². The zero-order valence-electron chi connectivity index (χ0n) is 13.6. The number of para-hydroxylation sites is 1. The van der Waals surface area contributed by atoms with Crippen molar-refractivity contribution in [2.24, 2.45) is 15.3 Å². The van der Waals surface area contributed by atoms with Crippen LogP contribution >= 0.6 is 11.3 Å². The Bertz CT molecular complexity index is 1020. The molecule has 4 rings (SSSR count). The number of hydrazone groups is 1. The van der Waals surface area contributed by atoms with Crippen LogP contribution in [0.25, 0.3) is 10.2 Å². The third kappa shape index (κ3) is 3.79. The van der Waals surface area contributed by atoms with E-state index in [-0.39, 0.29) is 0 Å². The van der Waals surface area contributed by atoms with E-state index in [0.29, 0.717) is 16.8 Å². The molecule has 0 aliphatic heterocycles. The Hall–Kier alpha value is -3.45. The molecule has 0 unspecified atom stereocenters. The van der Waals surface area contributed by atoms with Gasteiger partial charge in [-0.15, -0.1) is 10.2 Å². The van der Waals surface area contributed by atoms with E-state index in [1.165, 1.54) is 11.3 Å². The van der Waals surface area contributed by atoms with Crippen LogP contribution in [0.3, 0.4) is 0 Å². The number of azo groups is 1. The van der Waals surface area contributed by atoms with E-state index in [2.05, 4.69) is 30.7 Å². The normalized spacial score (nSPS) is 11.9. The summed E-state index contributed by atoms with van der Waals surface area (Å²) in [7, 11) is 0. The molecule has 26 heavy (non-hydrogen) atoms. The molecule has 0 bridgehead atoms. The molecule has 2 aromatic heterocycles. The molecule has 0 saturated heterocycles. The zero-order chi connectivity index (χ0) is 17.6. The molecular weight excluding hydrogens is 344 g/mol. The molecule has 0 atom stereocenters. The van der Waals surface area contributed by atoms with E-state index in [1.54, 1.807) is 12.3 Å². The highest BCUT2D eigenvalue weighted by atomic mass is 32.1. The number of benzene rings is 2. The number of nitrogens with zero attached hydrogens (tertiary/aromatic N) is 5. The van der Waals surface area contributed by atoms with Gasteiger partial charge in [0.05, 0.1) is 10.2 Å². The molecule has 1 N–H and O–H groups in total. The van der Waals surface area contributed by atoms with Crippen molar-refractivity contribution in [1.29, 1.82) is 0 Å². The van der Waals surface area contributed by atoms with Crippen molar-refractivity contribution in [2.45, 2.75) is 0 Å². The zero-order valence-corrected chi connectivity index (χ0v) is 14.5. The number of hydrogen-bond donors (Lipinski definition) is 1. The number of amidine groups is 1. The van der Waals surface area contributed by atoms with Crippen molar-refractivity contribution < 1.29 is 0 Å². The molecule has 0 amide bonds. The fraction of sp³-hybridized carbons (Fsp3) is 0. The summed E-state index contributed by atoms with van der Waals surface area (Å²) in [5.41, 5.74) is 4.77. The van der Waals surface area contributed by atoms with E-state index in [9.17, 15) is 0 Å². The summed E-state index contributed by atoms with van der Waals surface area (Å²) < 4.78 is 1.10. The quantitative estimate of drug-likeness (QED) is 0.234. The molecule has 4 aromatic rings. The average Bonchev–Trinajstić information content (AvgIpc) is 3.12. The van der Waals surface area contributed by atoms with Gasteiger partial charge < -0.3 is 0 Å². The first-order valence-corrected chi connectivity index (χ1v) is 8.77. The van der Waals surface area contributed by atoms with Crippen molar-refractivity contribution >= 4 is 38.3 Å². The van der Waals surface area contributed by atoms with Gasteiger partial charge in [0.2, 0.25) is 11.0 Å². The lowest BCUT2D eigenvalue weighted by Crippen LogP contribution is -2.00. The Morgan fingerprint density at radius 2 is 1.69 bits per heavy atom. The largest absolute Gasteiger partial charge is 0.250 e. The Labute approximate surface area is 154 Å². The van der Waals surface area contributed by atoms with Crippen LogP contribution in [0.1, 0.15) is 5.56 Å². The maximum Gasteiger partial charge on any atom is 0.204 e. The first-order chi connectivity index (χ1) is 12.9. The highest BCUT2D eigenvalue weighted by Gasteiger charge is 2.05. The van der Waals surface area contributed by atoms with Crippen molar-refractivity contribution in [3.8, 4) is 0 Å². The van der Waals surface area contributed by atoms with Crippen LogP contribution in [0.15, 0.2) is 94.3 Å². The molecular formula is C19H14N6S. The van der Waals surface area contributed by atoms with Crippen LogP contribution in [-0.4, -0.2) is 15.8 Å². The van der Waals surface area contributed by atoms with Gasteiger partial charge in [-0.2, -0.15) is 5.10 Å². The highest BCUT2D eigenvalue weighted by Crippen LogP contribution is 2.25. The second kappa shape index (κ2) is 7.62. The van der Waals surface area contributed by atoms with Crippen LogP contribution in [0.2, 0.25) is 0 Å². The van der Waals surface area contributed by atoms with Gasteiger partial charge >= 0.3 is 0 Å². The van der Waals surface area contributed by atoms with Crippen LogP contribution in [0.4, 0.5) is 10.9 Å². The second-order valence-electron chi connectivity index (χ2n) is 5.29. The summed E-state index contributed by atoms with van der Waals surface area (Å²) in [6.07, 6.45) is 1.67. The molecule has 0 spiro atoms. The lowest BCUT2D eigenvalue weighted by Gasteiger charge is -2.00. The number of fused-ring (bicyclic) bond motifs is 1. The predicted molar refractivity (Wildman–Crippen MR) is 105 cm³/mol. The van der Waals surface area contributed by atoms with Crippen LogP contribution < -0.4 is 5.43 Å². The molecule has 2 heterocycles. The monoisotopic (exact) mass is 358 g/mol. The summed E-state index contributed by atoms with van der Waals surface area (Å²) in [6.45, 7) is 0. The first kappa shape index (κ1) is 16.0. The van der Waals surface area contributed by atoms with Crippen molar-refractivity contribution in [1.82, 2.24) is 9.97 Å². The molecule has 126 valence electrons. The van der Waals surface area contributed by atoms with Gasteiger partial charge in [-0.05, 0) is 24.3 Å². The van der Waals surface area contributed by atoms with E-state index < -0.39 is 0 Å². The molecule has 2 aromatic carbocycles. The van der Waals surface area contributed by atoms with Gasteiger partial charge in [-0.25, -0.2) is 9.97 Å². The lowest BCUT2D eigenvalue weighted by molar-refractivity contribution is 1.16. The Morgan fingerprint density at radius 3 is 2.50 bits per heavy atom. The fourth-order valence-electron chi connectivity index (χ4n) is 2.26. The summed E-state index contributed by atoms with van der Waals surface area (Å²) in [5.74, 6) is 0.978. The second-order valence-corrected chi connectivity index (χ2v) is 6.32. The van der Waals surface area contributed by atoms with Gasteiger partial charge in [0.15, 0.2) is 5.82 Å². The highest BCUT2D eigenvalue weighted by molar-refractivity contribution is 7.22. The number of aromatic nitrogens is 2. The predicted octanol–water partition coefficient (Wildman–Crippen LogP) is 5.25. The third-order valence-corrected chi connectivity index (χ3v) is 4.42. The van der Waals surface area contributed by atoms with Gasteiger partial charge in [-0.3, -0.25) is 5.43 Å². The fourth-order valence-corrected chi connectivity index (χ4v) is 3.07. The van der Waals surface area contributed by atoms with Gasteiger partial charge in [-0.1, -0.05) is 59.9 Å². The lowest BCUT2D eigenvalue weighted by atomic mass is 10.2. The minimum Gasteiger partial charge on any atom is -0.250 e. The first-order valence-electron chi connectivity index (χ1n) is 7.96. The SMILES string of the molecule is c1ccc(C(N=Nc2ccccn2)=NNc2nc3ccccc3s2)cc1. The number of anilines is 1. The molecule has 0 fully saturated rings. The minimum atomic E-state index is 0.454. The molecule has 7 heteroatoms.